The van der Waals surface area contributed by atoms with Crippen molar-refractivity contribution in [3.05, 3.63) is 53.2 Å². The molecule has 6 heteroatoms. The van der Waals surface area contributed by atoms with Gasteiger partial charge in [0, 0.05) is 13.1 Å². The van der Waals surface area contributed by atoms with Crippen molar-refractivity contribution in [2.45, 2.75) is 18.9 Å². The highest BCUT2D eigenvalue weighted by molar-refractivity contribution is 6.05. The van der Waals surface area contributed by atoms with Gasteiger partial charge in [-0.3, -0.25) is 9.48 Å². The molecule has 0 radical (unpaired) electrons. The highest BCUT2D eigenvalue weighted by Crippen LogP contribution is 2.34. The number of hydrogen-bond donors (Lipinski definition) is 1. The molecule has 1 N–H and O–H groups in total. The van der Waals surface area contributed by atoms with E-state index in [-0.39, 0.29) is 11.9 Å². The standard InChI is InChI=1S/C22H23N3O3/c1-25-19-12-10-17(22(26)23-15-8-9-15)21(28-3)20(19)18(24-25)11-7-14-5-4-6-16(13-14)27-2/h4-7,10-13,15H,8-9H2,1-3H3,(H,23,26)/b11-7+. The van der Waals surface area contributed by atoms with Crippen molar-refractivity contribution in [2.75, 3.05) is 14.2 Å². The van der Waals surface area contributed by atoms with Crippen molar-refractivity contribution in [3.8, 4) is 11.5 Å². The summed E-state index contributed by atoms with van der Waals surface area (Å²) >= 11 is 0. The Bertz CT molecular complexity index is 1060. The first-order valence-corrected chi connectivity index (χ1v) is 9.27. The van der Waals surface area contributed by atoms with Gasteiger partial charge < -0.3 is 14.8 Å². The summed E-state index contributed by atoms with van der Waals surface area (Å²) in [5.41, 5.74) is 3.19. The number of aryl methyl sites for hydroxylation is 1. The van der Waals surface area contributed by atoms with Gasteiger partial charge in [-0.25, -0.2) is 0 Å². The van der Waals surface area contributed by atoms with E-state index < -0.39 is 0 Å². The van der Waals surface area contributed by atoms with Crippen LogP contribution in [0.2, 0.25) is 0 Å². The Labute approximate surface area is 163 Å². The molecule has 1 amide bonds. The molecule has 0 spiro atoms. The van der Waals surface area contributed by atoms with Crippen molar-refractivity contribution >= 4 is 29.0 Å². The van der Waals surface area contributed by atoms with E-state index >= 15 is 0 Å². The van der Waals surface area contributed by atoms with E-state index in [0.717, 1.165) is 40.8 Å². The predicted octanol–water partition coefficient (Wildman–Crippen LogP) is 3.65. The number of ether oxygens (including phenoxy) is 2. The molecule has 4 rings (SSSR count). The average molecular weight is 377 g/mol. The van der Waals surface area contributed by atoms with Crippen LogP contribution in [0.1, 0.15) is 34.5 Å². The SMILES string of the molecule is COc1cccc(/C=C/c2nn(C)c3ccc(C(=O)NC4CC4)c(OC)c23)c1. The van der Waals surface area contributed by atoms with Gasteiger partial charge in [0.25, 0.3) is 5.91 Å². The summed E-state index contributed by atoms with van der Waals surface area (Å²) in [6.07, 6.45) is 5.98. The fourth-order valence-corrected chi connectivity index (χ4v) is 3.27. The van der Waals surface area contributed by atoms with Crippen LogP contribution >= 0.6 is 0 Å². The minimum absolute atomic E-state index is 0.104. The topological polar surface area (TPSA) is 65.4 Å². The zero-order chi connectivity index (χ0) is 19.7. The molecule has 1 aromatic heterocycles. The van der Waals surface area contributed by atoms with Gasteiger partial charge in [0.1, 0.15) is 11.5 Å². The molecule has 2 aromatic carbocycles. The molecular formula is C22H23N3O3. The zero-order valence-electron chi connectivity index (χ0n) is 16.2. The van der Waals surface area contributed by atoms with Crippen molar-refractivity contribution in [1.29, 1.82) is 0 Å². The number of carbonyl (C=O) groups is 1. The van der Waals surface area contributed by atoms with Gasteiger partial charge in [-0.15, -0.1) is 0 Å². The smallest absolute Gasteiger partial charge is 0.255 e. The first kappa shape index (κ1) is 18.1. The average Bonchev–Trinajstić information content (AvgIpc) is 3.47. The van der Waals surface area contributed by atoms with Gasteiger partial charge in [-0.1, -0.05) is 18.2 Å². The van der Waals surface area contributed by atoms with Crippen LogP contribution in [0.25, 0.3) is 23.1 Å². The van der Waals surface area contributed by atoms with Crippen LogP contribution in [-0.4, -0.2) is 35.9 Å². The van der Waals surface area contributed by atoms with Crippen molar-refractivity contribution < 1.29 is 14.3 Å². The summed E-state index contributed by atoms with van der Waals surface area (Å²) in [7, 11) is 5.12. The number of nitrogens with one attached hydrogen (secondary N) is 1. The third-order valence-electron chi connectivity index (χ3n) is 4.89. The number of carbonyl (C=O) groups excluding carboxylic acids is 1. The minimum atomic E-state index is -0.104. The maximum Gasteiger partial charge on any atom is 0.255 e. The normalized spacial score (nSPS) is 13.8. The Morgan fingerprint density at radius 2 is 2.00 bits per heavy atom. The molecule has 1 aliphatic carbocycles. The molecule has 28 heavy (non-hydrogen) atoms. The number of rotatable bonds is 6. The largest absolute Gasteiger partial charge is 0.497 e. The number of methoxy groups -OCH3 is 2. The number of nitrogens with zero attached hydrogens (tertiary/aromatic N) is 2. The lowest BCUT2D eigenvalue weighted by atomic mass is 10.1. The van der Waals surface area contributed by atoms with Gasteiger partial charge >= 0.3 is 0 Å². The van der Waals surface area contributed by atoms with Crippen LogP contribution in [0.15, 0.2) is 36.4 Å². The van der Waals surface area contributed by atoms with Gasteiger partial charge in [0.2, 0.25) is 0 Å². The number of aromatic nitrogens is 2. The van der Waals surface area contributed by atoms with Crippen LogP contribution < -0.4 is 14.8 Å². The van der Waals surface area contributed by atoms with Gasteiger partial charge in [0.05, 0.1) is 36.4 Å². The first-order valence-electron chi connectivity index (χ1n) is 9.27. The molecule has 1 fully saturated rings. The van der Waals surface area contributed by atoms with Crippen LogP contribution in [0.4, 0.5) is 0 Å². The molecule has 144 valence electrons. The van der Waals surface area contributed by atoms with Crippen molar-refractivity contribution in [3.63, 3.8) is 0 Å². The van der Waals surface area contributed by atoms with E-state index in [2.05, 4.69) is 10.4 Å². The maximum atomic E-state index is 12.6. The number of benzene rings is 2. The Kier molecular flexibility index (Phi) is 4.77. The molecule has 1 aliphatic rings. The second kappa shape index (κ2) is 7.38. The summed E-state index contributed by atoms with van der Waals surface area (Å²) in [5.74, 6) is 1.24. The predicted molar refractivity (Wildman–Crippen MR) is 110 cm³/mol. The van der Waals surface area contributed by atoms with Crippen LogP contribution in [-0.2, 0) is 7.05 Å². The van der Waals surface area contributed by atoms with E-state index in [1.165, 1.54) is 0 Å². The molecule has 0 bridgehead atoms. The Morgan fingerprint density at radius 1 is 1.18 bits per heavy atom. The molecular weight excluding hydrogens is 354 g/mol. The van der Waals surface area contributed by atoms with E-state index in [9.17, 15) is 4.79 Å². The number of amides is 1. The van der Waals surface area contributed by atoms with Gasteiger partial charge in [0.15, 0.2) is 0 Å². The molecule has 1 saturated carbocycles. The zero-order valence-corrected chi connectivity index (χ0v) is 16.2. The van der Waals surface area contributed by atoms with Crippen LogP contribution in [0.3, 0.4) is 0 Å². The Hall–Kier alpha value is -3.28. The molecule has 1 heterocycles. The fourth-order valence-electron chi connectivity index (χ4n) is 3.27. The summed E-state index contributed by atoms with van der Waals surface area (Å²) in [5, 5.41) is 8.47. The molecule has 3 aromatic rings. The monoisotopic (exact) mass is 377 g/mol. The van der Waals surface area contributed by atoms with E-state index in [0.29, 0.717) is 11.3 Å². The molecule has 0 unspecified atom stereocenters. The Balaban J connectivity index is 1.77. The molecule has 0 saturated heterocycles. The lowest BCUT2D eigenvalue weighted by molar-refractivity contribution is 0.0948. The first-order chi connectivity index (χ1) is 13.6. The Morgan fingerprint density at radius 3 is 2.71 bits per heavy atom. The summed E-state index contributed by atoms with van der Waals surface area (Å²) in [4.78, 5) is 12.6. The van der Waals surface area contributed by atoms with E-state index in [4.69, 9.17) is 9.47 Å². The van der Waals surface area contributed by atoms with Crippen LogP contribution in [0, 0.1) is 0 Å². The fraction of sp³-hybridized carbons (Fsp3) is 0.273. The maximum absolute atomic E-state index is 12.6. The summed E-state index contributed by atoms with van der Waals surface area (Å²) < 4.78 is 12.7. The summed E-state index contributed by atoms with van der Waals surface area (Å²) in [6, 6.07) is 11.8. The van der Waals surface area contributed by atoms with E-state index in [1.807, 2.05) is 49.5 Å². The lowest BCUT2D eigenvalue weighted by Gasteiger charge is -2.10. The number of hydrogen-bond acceptors (Lipinski definition) is 4. The third kappa shape index (κ3) is 3.45. The second-order valence-electron chi connectivity index (χ2n) is 6.91. The van der Waals surface area contributed by atoms with E-state index in [1.54, 1.807) is 25.0 Å². The molecule has 0 atom stereocenters. The highest BCUT2D eigenvalue weighted by atomic mass is 16.5. The minimum Gasteiger partial charge on any atom is -0.497 e. The second-order valence-corrected chi connectivity index (χ2v) is 6.91. The summed E-state index contributed by atoms with van der Waals surface area (Å²) in [6.45, 7) is 0. The third-order valence-corrected chi connectivity index (χ3v) is 4.89. The van der Waals surface area contributed by atoms with Crippen LogP contribution in [0.5, 0.6) is 11.5 Å². The molecule has 0 aliphatic heterocycles. The molecule has 6 nitrogen and oxygen atoms in total. The number of fused-ring (bicyclic) bond motifs is 1. The van der Waals surface area contributed by atoms with Gasteiger partial charge in [-0.05, 0) is 48.7 Å². The van der Waals surface area contributed by atoms with Crippen molar-refractivity contribution in [1.82, 2.24) is 15.1 Å². The quantitative estimate of drug-likeness (QED) is 0.712. The lowest BCUT2D eigenvalue weighted by Crippen LogP contribution is -2.25. The highest BCUT2D eigenvalue weighted by Gasteiger charge is 2.26. The van der Waals surface area contributed by atoms with Gasteiger partial charge in [-0.2, -0.15) is 5.10 Å². The van der Waals surface area contributed by atoms with Crippen molar-refractivity contribution in [2.24, 2.45) is 7.05 Å².